The lowest BCUT2D eigenvalue weighted by atomic mass is 9.90. The van der Waals surface area contributed by atoms with E-state index in [0.717, 1.165) is 37.1 Å². The molecule has 1 aliphatic rings. The third-order valence-electron chi connectivity index (χ3n) is 5.76. The number of hydrogen-bond donors (Lipinski definition) is 3. The summed E-state index contributed by atoms with van der Waals surface area (Å²) in [6.07, 6.45) is -6.11. The van der Waals surface area contributed by atoms with Gasteiger partial charge in [-0.05, 0) is 43.2 Å². The summed E-state index contributed by atoms with van der Waals surface area (Å²) in [5.74, 6) is -1.35. The molecule has 0 radical (unpaired) electrons. The normalized spacial score (nSPS) is 18.3. The Hall–Kier alpha value is -3.15. The first-order valence-electron chi connectivity index (χ1n) is 11.1. The van der Waals surface area contributed by atoms with Gasteiger partial charge >= 0.3 is 12.4 Å². The molecule has 0 spiro atoms. The van der Waals surface area contributed by atoms with Crippen LogP contribution in [0.2, 0.25) is 0 Å². The Morgan fingerprint density at radius 2 is 1.39 bits per heavy atom. The minimum absolute atomic E-state index is 0.225. The number of halogens is 6. The van der Waals surface area contributed by atoms with Crippen LogP contribution in [0.25, 0.3) is 0 Å². The predicted molar refractivity (Wildman–Crippen MR) is 124 cm³/mol. The van der Waals surface area contributed by atoms with Crippen LogP contribution >= 0.6 is 12.2 Å². The highest BCUT2D eigenvalue weighted by Gasteiger charge is 2.32. The highest BCUT2D eigenvalue weighted by molar-refractivity contribution is 7.80. The largest absolute Gasteiger partial charge is 0.416 e. The Balaban J connectivity index is 1.55. The Morgan fingerprint density at radius 1 is 0.806 bits per heavy atom. The molecule has 194 valence electrons. The molecular formula is C24H23F6N3O2S. The van der Waals surface area contributed by atoms with Gasteiger partial charge in [0, 0.05) is 23.2 Å². The molecule has 0 aromatic heterocycles. The maximum absolute atomic E-state index is 12.9. The van der Waals surface area contributed by atoms with Crippen LogP contribution in [-0.4, -0.2) is 35.4 Å². The van der Waals surface area contributed by atoms with E-state index in [9.17, 15) is 35.9 Å². The molecule has 3 N–H and O–H groups in total. The lowest BCUT2D eigenvalue weighted by molar-refractivity contribution is -0.138. The number of alkyl halides is 6. The van der Waals surface area contributed by atoms with Crippen molar-refractivity contribution in [2.45, 2.75) is 50.1 Å². The van der Waals surface area contributed by atoms with Crippen LogP contribution in [0.3, 0.4) is 0 Å². The van der Waals surface area contributed by atoms with Gasteiger partial charge in [-0.2, -0.15) is 26.3 Å². The molecule has 1 aliphatic carbocycles. The number of carbonyl (C=O) groups is 2. The molecule has 0 heterocycles. The number of hydrogen-bond acceptors (Lipinski definition) is 3. The Bertz CT molecular complexity index is 1100. The minimum Gasteiger partial charge on any atom is -0.371 e. The first kappa shape index (κ1) is 27.4. The summed E-state index contributed by atoms with van der Waals surface area (Å²) in [5.41, 5.74) is -1.58. The van der Waals surface area contributed by atoms with Crippen molar-refractivity contribution in [3.63, 3.8) is 0 Å². The van der Waals surface area contributed by atoms with E-state index in [1.165, 1.54) is 18.2 Å². The molecule has 36 heavy (non-hydrogen) atoms. The van der Waals surface area contributed by atoms with Crippen molar-refractivity contribution in [1.29, 1.82) is 0 Å². The summed E-state index contributed by atoms with van der Waals surface area (Å²) in [6.45, 7) is -0.443. The van der Waals surface area contributed by atoms with Crippen molar-refractivity contribution >= 4 is 29.0 Å². The number of benzene rings is 2. The maximum atomic E-state index is 12.9. The van der Waals surface area contributed by atoms with Gasteiger partial charge in [0.25, 0.3) is 5.91 Å². The third-order valence-corrected chi connectivity index (χ3v) is 6.12. The van der Waals surface area contributed by atoms with E-state index in [1.807, 2.05) is 0 Å². The molecular weight excluding hydrogens is 508 g/mol. The average Bonchev–Trinajstić information content (AvgIpc) is 2.83. The summed E-state index contributed by atoms with van der Waals surface area (Å²) >= 11 is 5.34. The second-order valence-electron chi connectivity index (χ2n) is 8.37. The highest BCUT2D eigenvalue weighted by atomic mass is 32.1. The molecule has 2 aromatic carbocycles. The molecule has 0 unspecified atom stereocenters. The van der Waals surface area contributed by atoms with Crippen molar-refractivity contribution in [3.8, 4) is 0 Å². The van der Waals surface area contributed by atoms with Gasteiger partial charge in [0.15, 0.2) is 0 Å². The van der Waals surface area contributed by atoms with Crippen LogP contribution < -0.4 is 16.0 Å². The first-order valence-corrected chi connectivity index (χ1v) is 11.5. The molecule has 2 aromatic rings. The second-order valence-corrected chi connectivity index (χ2v) is 8.78. The number of rotatable bonds is 6. The van der Waals surface area contributed by atoms with Gasteiger partial charge in [-0.1, -0.05) is 43.3 Å². The first-order chi connectivity index (χ1) is 16.8. The fourth-order valence-electron chi connectivity index (χ4n) is 3.90. The molecule has 1 fully saturated rings. The van der Waals surface area contributed by atoms with Crippen LogP contribution in [0, 0.1) is 0 Å². The van der Waals surface area contributed by atoms with E-state index < -0.39 is 41.8 Å². The molecule has 2 amide bonds. The molecule has 5 nitrogen and oxygen atoms in total. The number of nitrogens with one attached hydrogen (secondary N) is 3. The Morgan fingerprint density at radius 3 is 1.97 bits per heavy atom. The number of amides is 2. The standard InChI is InChI=1S/C24H23F6N3O2S/c25-23(26,27)16-10-8-14(9-11-16)22(36)33-19-7-2-1-6-18(19)32-20(34)13-31-21(35)15-4-3-5-17(12-15)24(28,29)30/h3-5,8-12,18-19H,1-2,6-7,13H2,(H,31,35)(H,32,34)(H,33,36)/t18-,19+/m1/s1. The van der Waals surface area contributed by atoms with Crippen LogP contribution in [0.5, 0.6) is 0 Å². The monoisotopic (exact) mass is 531 g/mol. The van der Waals surface area contributed by atoms with Gasteiger partial charge in [0.2, 0.25) is 5.91 Å². The van der Waals surface area contributed by atoms with Crippen molar-refractivity contribution in [1.82, 2.24) is 16.0 Å². The Labute approximate surface area is 208 Å². The molecule has 2 atom stereocenters. The van der Waals surface area contributed by atoms with Crippen molar-refractivity contribution in [3.05, 3.63) is 70.8 Å². The fourth-order valence-corrected chi connectivity index (χ4v) is 4.18. The number of carbonyl (C=O) groups excluding carboxylic acids is 2. The third kappa shape index (κ3) is 7.42. The summed E-state index contributed by atoms with van der Waals surface area (Å²) < 4.78 is 76.9. The maximum Gasteiger partial charge on any atom is 0.416 e. The SMILES string of the molecule is O=C(CNC(=O)c1cccc(C(F)(F)F)c1)N[C@@H]1CCCC[C@@H]1NC(=S)c1ccc(C(F)(F)F)cc1. The fraction of sp³-hybridized carbons (Fsp3) is 0.375. The predicted octanol–water partition coefficient (Wildman–Crippen LogP) is 4.85. The quantitative estimate of drug-likeness (QED) is 0.369. The zero-order valence-corrected chi connectivity index (χ0v) is 19.6. The van der Waals surface area contributed by atoms with Gasteiger partial charge in [-0.15, -0.1) is 0 Å². The topological polar surface area (TPSA) is 70.2 Å². The highest BCUT2D eigenvalue weighted by Crippen LogP contribution is 2.30. The van der Waals surface area contributed by atoms with Gasteiger partial charge in [-0.25, -0.2) is 0 Å². The van der Waals surface area contributed by atoms with Gasteiger partial charge in [-0.3, -0.25) is 9.59 Å². The van der Waals surface area contributed by atoms with Gasteiger partial charge < -0.3 is 16.0 Å². The molecule has 12 heteroatoms. The second kappa shape index (κ2) is 11.3. The minimum atomic E-state index is -4.60. The lowest BCUT2D eigenvalue weighted by Gasteiger charge is -2.33. The van der Waals surface area contributed by atoms with E-state index in [-0.39, 0.29) is 22.6 Å². The molecule has 0 bridgehead atoms. The van der Waals surface area contributed by atoms with Crippen LogP contribution in [0.4, 0.5) is 26.3 Å². The van der Waals surface area contributed by atoms with Crippen molar-refractivity contribution in [2.75, 3.05) is 6.54 Å². The van der Waals surface area contributed by atoms with Crippen molar-refractivity contribution < 1.29 is 35.9 Å². The summed E-state index contributed by atoms with van der Waals surface area (Å²) in [7, 11) is 0. The van der Waals surface area contributed by atoms with E-state index in [0.29, 0.717) is 24.5 Å². The molecule has 1 saturated carbocycles. The van der Waals surface area contributed by atoms with E-state index >= 15 is 0 Å². The van der Waals surface area contributed by atoms with E-state index in [4.69, 9.17) is 12.2 Å². The molecule has 0 saturated heterocycles. The van der Waals surface area contributed by atoms with E-state index in [1.54, 1.807) is 0 Å². The smallest absolute Gasteiger partial charge is 0.371 e. The zero-order valence-electron chi connectivity index (χ0n) is 18.8. The summed E-state index contributed by atoms with van der Waals surface area (Å²) in [4.78, 5) is 24.9. The zero-order chi connectivity index (χ0) is 26.5. The van der Waals surface area contributed by atoms with E-state index in [2.05, 4.69) is 16.0 Å². The average molecular weight is 532 g/mol. The molecule has 3 rings (SSSR count). The van der Waals surface area contributed by atoms with Crippen LogP contribution in [0.15, 0.2) is 48.5 Å². The van der Waals surface area contributed by atoms with Gasteiger partial charge in [0.05, 0.1) is 17.7 Å². The van der Waals surface area contributed by atoms with Crippen molar-refractivity contribution in [2.24, 2.45) is 0 Å². The number of thiocarbonyl (C=S) groups is 1. The lowest BCUT2D eigenvalue weighted by Crippen LogP contribution is -2.54. The van der Waals surface area contributed by atoms with Crippen LogP contribution in [0.1, 0.15) is 52.7 Å². The summed E-state index contributed by atoms with van der Waals surface area (Å²) in [6, 6.07) is 7.66. The summed E-state index contributed by atoms with van der Waals surface area (Å²) in [5, 5.41) is 8.20. The van der Waals surface area contributed by atoms with Crippen LogP contribution in [-0.2, 0) is 17.1 Å². The van der Waals surface area contributed by atoms with Gasteiger partial charge in [0.1, 0.15) is 4.99 Å². The Kier molecular flexibility index (Phi) is 8.59. The molecule has 0 aliphatic heterocycles.